The highest BCUT2D eigenvalue weighted by molar-refractivity contribution is 5.91. The lowest BCUT2D eigenvalue weighted by Gasteiger charge is -2.12. The van der Waals surface area contributed by atoms with Crippen LogP contribution < -0.4 is 10.1 Å². The molecule has 2 amide bonds. The van der Waals surface area contributed by atoms with Crippen molar-refractivity contribution in [1.29, 1.82) is 0 Å². The van der Waals surface area contributed by atoms with Gasteiger partial charge in [0.15, 0.2) is 6.61 Å². The molecule has 1 aromatic rings. The van der Waals surface area contributed by atoms with Crippen LogP contribution in [0.25, 0.3) is 0 Å². The van der Waals surface area contributed by atoms with Crippen molar-refractivity contribution < 1.29 is 14.3 Å². The first-order chi connectivity index (χ1) is 10.5. The van der Waals surface area contributed by atoms with E-state index in [0.29, 0.717) is 23.8 Å². The number of hydrogen-bond donors (Lipinski definition) is 1. The van der Waals surface area contributed by atoms with Crippen LogP contribution in [0.15, 0.2) is 36.4 Å². The van der Waals surface area contributed by atoms with Gasteiger partial charge in [-0.1, -0.05) is 18.2 Å². The number of nitrogens with one attached hydrogen (secondary N) is 1. The molecule has 2 rings (SSSR count). The molecule has 0 fully saturated rings. The number of rotatable bonds is 6. The zero-order chi connectivity index (χ0) is 15.9. The lowest BCUT2D eigenvalue weighted by Crippen LogP contribution is -2.27. The number of allylic oxidation sites excluding steroid dienone is 2. The number of ether oxygens (including phenoxy) is 1. The van der Waals surface area contributed by atoms with Crippen LogP contribution in [0.1, 0.15) is 19.3 Å². The second-order valence-electron chi connectivity index (χ2n) is 5.62. The molecule has 0 saturated heterocycles. The number of nitrogens with zero attached hydrogens (tertiary/aromatic N) is 1. The summed E-state index contributed by atoms with van der Waals surface area (Å²) in [5.41, 5.74) is 0.682. The van der Waals surface area contributed by atoms with Gasteiger partial charge in [-0.2, -0.15) is 0 Å². The van der Waals surface area contributed by atoms with Gasteiger partial charge < -0.3 is 15.0 Å². The highest BCUT2D eigenvalue weighted by atomic mass is 16.5. The number of anilines is 1. The number of hydrogen-bond acceptors (Lipinski definition) is 3. The summed E-state index contributed by atoms with van der Waals surface area (Å²) >= 11 is 0. The molecule has 1 aromatic carbocycles. The van der Waals surface area contributed by atoms with Gasteiger partial charge in [-0.25, -0.2) is 0 Å². The molecule has 0 aromatic heterocycles. The molecule has 0 saturated carbocycles. The molecule has 0 aliphatic heterocycles. The van der Waals surface area contributed by atoms with Crippen LogP contribution in [-0.2, 0) is 9.59 Å². The zero-order valence-electron chi connectivity index (χ0n) is 13.0. The van der Waals surface area contributed by atoms with Crippen LogP contribution >= 0.6 is 0 Å². The molecule has 118 valence electrons. The molecule has 1 N–H and O–H groups in total. The van der Waals surface area contributed by atoms with E-state index in [1.807, 2.05) is 6.07 Å². The van der Waals surface area contributed by atoms with E-state index in [1.165, 1.54) is 4.90 Å². The Hall–Kier alpha value is -2.30. The van der Waals surface area contributed by atoms with Crippen LogP contribution in [0.5, 0.6) is 5.75 Å². The fourth-order valence-electron chi connectivity index (χ4n) is 2.25. The summed E-state index contributed by atoms with van der Waals surface area (Å²) in [5, 5.41) is 2.87. The molecule has 1 unspecified atom stereocenters. The van der Waals surface area contributed by atoms with Crippen molar-refractivity contribution in [2.75, 3.05) is 26.0 Å². The highest BCUT2D eigenvalue weighted by Gasteiger charge is 2.14. The van der Waals surface area contributed by atoms with Gasteiger partial charge in [0, 0.05) is 32.3 Å². The van der Waals surface area contributed by atoms with E-state index in [1.54, 1.807) is 32.3 Å². The van der Waals surface area contributed by atoms with Crippen molar-refractivity contribution in [1.82, 2.24) is 4.90 Å². The molecule has 0 bridgehead atoms. The van der Waals surface area contributed by atoms with Crippen molar-refractivity contribution in [3.63, 3.8) is 0 Å². The van der Waals surface area contributed by atoms with Crippen molar-refractivity contribution in [2.24, 2.45) is 5.92 Å². The SMILES string of the molecule is CN(C)C(=O)COc1cccc(NC(=O)CC2C=CCC2)c1. The van der Waals surface area contributed by atoms with Gasteiger partial charge in [0.05, 0.1) is 0 Å². The lowest BCUT2D eigenvalue weighted by atomic mass is 10.1. The van der Waals surface area contributed by atoms with Crippen LogP contribution in [-0.4, -0.2) is 37.4 Å². The van der Waals surface area contributed by atoms with Gasteiger partial charge in [0.2, 0.25) is 5.91 Å². The van der Waals surface area contributed by atoms with Gasteiger partial charge >= 0.3 is 0 Å². The number of benzene rings is 1. The Kier molecular flexibility index (Phi) is 5.58. The van der Waals surface area contributed by atoms with E-state index in [-0.39, 0.29) is 18.4 Å². The Labute approximate surface area is 130 Å². The molecule has 0 radical (unpaired) electrons. The number of carbonyl (C=O) groups is 2. The predicted octanol–water partition coefficient (Wildman–Crippen LogP) is 2.45. The van der Waals surface area contributed by atoms with Crippen LogP contribution in [0.4, 0.5) is 5.69 Å². The van der Waals surface area contributed by atoms with E-state index < -0.39 is 0 Å². The molecule has 5 heteroatoms. The molecule has 1 atom stereocenters. The van der Waals surface area contributed by atoms with Crippen LogP contribution in [0.3, 0.4) is 0 Å². The number of amides is 2. The van der Waals surface area contributed by atoms with E-state index in [0.717, 1.165) is 12.8 Å². The largest absolute Gasteiger partial charge is 0.484 e. The summed E-state index contributed by atoms with van der Waals surface area (Å²) < 4.78 is 5.43. The first-order valence-corrected chi connectivity index (χ1v) is 7.44. The average molecular weight is 302 g/mol. The van der Waals surface area contributed by atoms with Gasteiger partial charge in [0.1, 0.15) is 5.75 Å². The topological polar surface area (TPSA) is 58.6 Å². The summed E-state index contributed by atoms with van der Waals surface area (Å²) in [7, 11) is 3.36. The fraction of sp³-hybridized carbons (Fsp3) is 0.412. The molecule has 22 heavy (non-hydrogen) atoms. The molecular formula is C17H22N2O3. The maximum atomic E-state index is 12.0. The monoisotopic (exact) mass is 302 g/mol. The molecule has 0 spiro atoms. The Morgan fingerprint density at radius 1 is 1.36 bits per heavy atom. The number of likely N-dealkylation sites (N-methyl/N-ethyl adjacent to an activating group) is 1. The second-order valence-corrected chi connectivity index (χ2v) is 5.62. The maximum Gasteiger partial charge on any atom is 0.259 e. The zero-order valence-corrected chi connectivity index (χ0v) is 13.0. The van der Waals surface area contributed by atoms with Crippen LogP contribution in [0, 0.1) is 5.92 Å². The number of carbonyl (C=O) groups excluding carboxylic acids is 2. The molecule has 1 aliphatic rings. The Morgan fingerprint density at radius 3 is 2.86 bits per heavy atom. The van der Waals surface area contributed by atoms with Gasteiger partial charge in [-0.05, 0) is 30.9 Å². The summed E-state index contributed by atoms with van der Waals surface area (Å²) in [5.74, 6) is 0.798. The highest BCUT2D eigenvalue weighted by Crippen LogP contribution is 2.22. The third kappa shape index (κ3) is 4.91. The van der Waals surface area contributed by atoms with E-state index in [9.17, 15) is 9.59 Å². The quantitative estimate of drug-likeness (QED) is 0.821. The lowest BCUT2D eigenvalue weighted by molar-refractivity contribution is -0.130. The second kappa shape index (κ2) is 7.64. The van der Waals surface area contributed by atoms with Crippen molar-refractivity contribution in [3.8, 4) is 5.75 Å². The third-order valence-corrected chi connectivity index (χ3v) is 3.54. The summed E-state index contributed by atoms with van der Waals surface area (Å²) in [6.07, 6.45) is 6.82. The Bertz CT molecular complexity index is 567. The van der Waals surface area contributed by atoms with Gasteiger partial charge in [-0.15, -0.1) is 0 Å². The average Bonchev–Trinajstić information content (AvgIpc) is 2.97. The molecule has 5 nitrogen and oxygen atoms in total. The van der Waals surface area contributed by atoms with E-state index in [2.05, 4.69) is 17.5 Å². The van der Waals surface area contributed by atoms with E-state index in [4.69, 9.17) is 4.74 Å². The molecule has 0 heterocycles. The standard InChI is InChI=1S/C17H22N2O3/c1-19(2)17(21)12-22-15-9-5-8-14(11-15)18-16(20)10-13-6-3-4-7-13/h3,5-6,8-9,11,13H,4,7,10,12H2,1-2H3,(H,18,20). The fourth-order valence-corrected chi connectivity index (χ4v) is 2.25. The summed E-state index contributed by atoms with van der Waals surface area (Å²) in [6.45, 7) is -0.0166. The summed E-state index contributed by atoms with van der Waals surface area (Å²) in [6, 6.07) is 7.09. The van der Waals surface area contributed by atoms with Gasteiger partial charge in [0.25, 0.3) is 5.91 Å². The van der Waals surface area contributed by atoms with Crippen LogP contribution in [0.2, 0.25) is 0 Å². The minimum atomic E-state index is -0.109. The Morgan fingerprint density at radius 2 is 2.18 bits per heavy atom. The van der Waals surface area contributed by atoms with Gasteiger partial charge in [-0.3, -0.25) is 9.59 Å². The molecule has 1 aliphatic carbocycles. The smallest absolute Gasteiger partial charge is 0.259 e. The summed E-state index contributed by atoms with van der Waals surface area (Å²) in [4.78, 5) is 25.0. The minimum Gasteiger partial charge on any atom is -0.484 e. The predicted molar refractivity (Wildman–Crippen MR) is 85.7 cm³/mol. The molecular weight excluding hydrogens is 280 g/mol. The normalized spacial score (nSPS) is 16.4. The minimum absolute atomic E-state index is 0.00179. The van der Waals surface area contributed by atoms with Crippen molar-refractivity contribution >= 4 is 17.5 Å². The van der Waals surface area contributed by atoms with Crippen molar-refractivity contribution in [3.05, 3.63) is 36.4 Å². The first-order valence-electron chi connectivity index (χ1n) is 7.44. The third-order valence-electron chi connectivity index (χ3n) is 3.54. The van der Waals surface area contributed by atoms with E-state index >= 15 is 0 Å². The van der Waals surface area contributed by atoms with Crippen molar-refractivity contribution in [2.45, 2.75) is 19.3 Å². The Balaban J connectivity index is 1.86. The maximum absolute atomic E-state index is 12.0. The first kappa shape index (κ1) is 16.1.